The van der Waals surface area contributed by atoms with Gasteiger partial charge in [-0.1, -0.05) is 55.2 Å². The number of rotatable bonds is 6. The van der Waals surface area contributed by atoms with Crippen LogP contribution in [0, 0.1) is 5.92 Å². The smallest absolute Gasteiger partial charge is 0.222 e. The molecule has 0 saturated heterocycles. The molecule has 2 aromatic carbocycles. The third kappa shape index (κ3) is 4.19. The molecule has 4 nitrogen and oxygen atoms in total. The normalized spacial score (nSPS) is 11.3. The highest BCUT2D eigenvalue weighted by Gasteiger charge is 2.13. The van der Waals surface area contributed by atoms with Crippen LogP contribution in [0.5, 0.6) is 0 Å². The summed E-state index contributed by atoms with van der Waals surface area (Å²) in [5.41, 5.74) is 3.05. The zero-order valence-corrected chi connectivity index (χ0v) is 16.3. The van der Waals surface area contributed by atoms with Gasteiger partial charge < -0.3 is 9.88 Å². The third-order valence-electron chi connectivity index (χ3n) is 4.23. The van der Waals surface area contributed by atoms with E-state index in [1.54, 1.807) is 6.07 Å². The summed E-state index contributed by atoms with van der Waals surface area (Å²) in [6.45, 7) is 4.97. The SMILES string of the molecule is CC(C)C(=O)NCCc1nc2ccccc2n1Cc1ccc(Cl)c(Cl)c1. The molecule has 1 heterocycles. The highest BCUT2D eigenvalue weighted by Crippen LogP contribution is 2.24. The van der Waals surface area contributed by atoms with Crippen LogP contribution < -0.4 is 5.32 Å². The molecule has 26 heavy (non-hydrogen) atoms. The fourth-order valence-electron chi connectivity index (χ4n) is 2.81. The van der Waals surface area contributed by atoms with Crippen LogP contribution in [-0.4, -0.2) is 22.0 Å². The highest BCUT2D eigenvalue weighted by molar-refractivity contribution is 6.42. The van der Waals surface area contributed by atoms with Gasteiger partial charge in [-0.3, -0.25) is 4.79 Å². The van der Waals surface area contributed by atoms with Crippen molar-refractivity contribution in [2.24, 2.45) is 5.92 Å². The molecule has 1 amide bonds. The van der Waals surface area contributed by atoms with E-state index in [9.17, 15) is 4.79 Å². The van der Waals surface area contributed by atoms with Gasteiger partial charge in [0.05, 0.1) is 21.1 Å². The molecule has 0 fully saturated rings. The topological polar surface area (TPSA) is 46.9 Å². The van der Waals surface area contributed by atoms with Gasteiger partial charge in [0.1, 0.15) is 5.82 Å². The zero-order chi connectivity index (χ0) is 18.7. The maximum atomic E-state index is 11.8. The molecule has 6 heteroatoms. The van der Waals surface area contributed by atoms with E-state index in [-0.39, 0.29) is 11.8 Å². The Kier molecular flexibility index (Phi) is 5.84. The second-order valence-electron chi connectivity index (χ2n) is 6.55. The summed E-state index contributed by atoms with van der Waals surface area (Å²) in [7, 11) is 0. The number of hydrogen-bond acceptors (Lipinski definition) is 2. The Morgan fingerprint density at radius 1 is 1.15 bits per heavy atom. The number of aromatic nitrogens is 2. The molecule has 0 radical (unpaired) electrons. The molecule has 0 atom stereocenters. The lowest BCUT2D eigenvalue weighted by molar-refractivity contribution is -0.123. The van der Waals surface area contributed by atoms with Crippen molar-refractivity contribution in [2.75, 3.05) is 6.54 Å². The molecule has 0 aliphatic rings. The molecule has 0 aliphatic heterocycles. The van der Waals surface area contributed by atoms with Gasteiger partial charge in [0, 0.05) is 25.4 Å². The van der Waals surface area contributed by atoms with Crippen LogP contribution >= 0.6 is 23.2 Å². The average molecular weight is 390 g/mol. The van der Waals surface area contributed by atoms with Crippen molar-refractivity contribution in [3.05, 3.63) is 63.9 Å². The zero-order valence-electron chi connectivity index (χ0n) is 14.8. The minimum Gasteiger partial charge on any atom is -0.355 e. The molecule has 0 saturated carbocycles. The number of benzene rings is 2. The van der Waals surface area contributed by atoms with E-state index in [1.165, 1.54) is 0 Å². The summed E-state index contributed by atoms with van der Waals surface area (Å²) in [6, 6.07) is 13.7. The van der Waals surface area contributed by atoms with E-state index in [1.807, 2.05) is 44.2 Å². The number of para-hydroxylation sites is 2. The lowest BCUT2D eigenvalue weighted by atomic mass is 10.2. The molecule has 1 N–H and O–H groups in total. The summed E-state index contributed by atoms with van der Waals surface area (Å²) in [5, 5.41) is 4.04. The number of imidazole rings is 1. The van der Waals surface area contributed by atoms with Crippen molar-refractivity contribution in [2.45, 2.75) is 26.8 Å². The molecule has 0 unspecified atom stereocenters. The quantitative estimate of drug-likeness (QED) is 0.663. The van der Waals surface area contributed by atoms with Crippen molar-refractivity contribution < 1.29 is 4.79 Å². The molecule has 0 bridgehead atoms. The highest BCUT2D eigenvalue weighted by atomic mass is 35.5. The van der Waals surface area contributed by atoms with Gasteiger partial charge in [0.15, 0.2) is 0 Å². The third-order valence-corrected chi connectivity index (χ3v) is 4.97. The summed E-state index contributed by atoms with van der Waals surface area (Å²) < 4.78 is 2.16. The van der Waals surface area contributed by atoms with Crippen LogP contribution in [-0.2, 0) is 17.8 Å². The first-order chi connectivity index (χ1) is 12.5. The van der Waals surface area contributed by atoms with E-state index in [4.69, 9.17) is 28.2 Å². The number of halogens is 2. The molecule has 136 valence electrons. The van der Waals surface area contributed by atoms with Gasteiger partial charge in [-0.15, -0.1) is 0 Å². The minimum atomic E-state index is -0.0231. The number of amides is 1. The van der Waals surface area contributed by atoms with Crippen LogP contribution in [0.3, 0.4) is 0 Å². The molecule has 3 aromatic rings. The van der Waals surface area contributed by atoms with Gasteiger partial charge in [0.2, 0.25) is 5.91 Å². The lowest BCUT2D eigenvalue weighted by Crippen LogP contribution is -2.30. The van der Waals surface area contributed by atoms with E-state index < -0.39 is 0 Å². The van der Waals surface area contributed by atoms with Gasteiger partial charge in [-0.2, -0.15) is 0 Å². The maximum Gasteiger partial charge on any atom is 0.222 e. The predicted octanol–water partition coefficient (Wildman–Crippen LogP) is 4.71. The Balaban J connectivity index is 1.86. The molecule has 0 aliphatic carbocycles. The Morgan fingerprint density at radius 2 is 1.92 bits per heavy atom. The lowest BCUT2D eigenvalue weighted by Gasteiger charge is -2.11. The van der Waals surface area contributed by atoms with Crippen LogP contribution in [0.15, 0.2) is 42.5 Å². The number of carbonyl (C=O) groups excluding carboxylic acids is 1. The number of nitrogens with one attached hydrogen (secondary N) is 1. The fourth-order valence-corrected chi connectivity index (χ4v) is 3.14. The van der Waals surface area contributed by atoms with Crippen molar-refractivity contribution in [1.29, 1.82) is 0 Å². The monoisotopic (exact) mass is 389 g/mol. The first-order valence-electron chi connectivity index (χ1n) is 8.61. The Hall–Kier alpha value is -2.04. The summed E-state index contributed by atoms with van der Waals surface area (Å²) >= 11 is 12.2. The summed E-state index contributed by atoms with van der Waals surface area (Å²) in [6.07, 6.45) is 0.661. The van der Waals surface area contributed by atoms with Gasteiger partial charge >= 0.3 is 0 Å². The van der Waals surface area contributed by atoms with Crippen molar-refractivity contribution in [3.8, 4) is 0 Å². The molecular formula is C20H21Cl2N3O. The Bertz CT molecular complexity index is 934. The van der Waals surface area contributed by atoms with Crippen molar-refractivity contribution in [1.82, 2.24) is 14.9 Å². The Morgan fingerprint density at radius 3 is 2.65 bits per heavy atom. The second-order valence-corrected chi connectivity index (χ2v) is 7.36. The van der Waals surface area contributed by atoms with Gasteiger partial charge in [-0.25, -0.2) is 4.98 Å². The molecular weight excluding hydrogens is 369 g/mol. The first kappa shape index (κ1) is 18.7. The molecule has 3 rings (SSSR count). The van der Waals surface area contributed by atoms with E-state index in [2.05, 4.69) is 16.0 Å². The summed E-state index contributed by atoms with van der Waals surface area (Å²) in [4.78, 5) is 16.5. The van der Waals surface area contributed by atoms with Crippen LogP contribution in [0.25, 0.3) is 11.0 Å². The second kappa shape index (κ2) is 8.11. The Labute approximate surface area is 163 Å². The number of nitrogens with zero attached hydrogens (tertiary/aromatic N) is 2. The number of carbonyl (C=O) groups is 1. The van der Waals surface area contributed by atoms with Crippen molar-refractivity contribution >= 4 is 40.1 Å². The largest absolute Gasteiger partial charge is 0.355 e. The van der Waals surface area contributed by atoms with Gasteiger partial charge in [0.25, 0.3) is 0 Å². The van der Waals surface area contributed by atoms with Crippen molar-refractivity contribution in [3.63, 3.8) is 0 Å². The maximum absolute atomic E-state index is 11.8. The number of hydrogen-bond donors (Lipinski definition) is 1. The van der Waals surface area contributed by atoms with E-state index in [0.29, 0.717) is 29.6 Å². The number of fused-ring (bicyclic) bond motifs is 1. The standard InChI is InChI=1S/C20H21Cl2N3O/c1-13(2)20(26)23-10-9-19-24-17-5-3-4-6-18(17)25(19)12-14-7-8-15(21)16(22)11-14/h3-8,11,13H,9-10,12H2,1-2H3,(H,23,26). The van der Waals surface area contributed by atoms with E-state index in [0.717, 1.165) is 22.4 Å². The minimum absolute atomic E-state index is 0.0231. The first-order valence-corrected chi connectivity index (χ1v) is 9.37. The van der Waals surface area contributed by atoms with Gasteiger partial charge in [-0.05, 0) is 29.8 Å². The van der Waals surface area contributed by atoms with Crippen LogP contribution in [0.1, 0.15) is 25.2 Å². The fraction of sp³-hybridized carbons (Fsp3) is 0.300. The molecule has 1 aromatic heterocycles. The van der Waals surface area contributed by atoms with E-state index >= 15 is 0 Å². The predicted molar refractivity (Wildman–Crippen MR) is 107 cm³/mol. The average Bonchev–Trinajstić information content (AvgIpc) is 2.95. The van der Waals surface area contributed by atoms with Crippen LogP contribution in [0.2, 0.25) is 10.0 Å². The summed E-state index contributed by atoms with van der Waals surface area (Å²) in [5.74, 6) is 0.962. The molecule has 0 spiro atoms. The van der Waals surface area contributed by atoms with Crippen LogP contribution in [0.4, 0.5) is 0 Å².